The fraction of sp³-hybridized carbons (Fsp3) is 0.238. The summed E-state index contributed by atoms with van der Waals surface area (Å²) in [5.41, 5.74) is 2.38. The van der Waals surface area contributed by atoms with Crippen LogP contribution in [0, 0.1) is 5.82 Å². The number of methoxy groups -OCH3 is 1. The summed E-state index contributed by atoms with van der Waals surface area (Å²) in [6.07, 6.45) is 0.864. The van der Waals surface area contributed by atoms with E-state index >= 15 is 0 Å². The Bertz CT molecular complexity index is 1110. The third-order valence-corrected chi connectivity index (χ3v) is 6.06. The van der Waals surface area contributed by atoms with Crippen molar-refractivity contribution in [3.63, 3.8) is 0 Å². The van der Waals surface area contributed by atoms with Crippen LogP contribution in [0.1, 0.15) is 40.4 Å². The number of halogens is 3. The Kier molecular flexibility index (Phi) is 5.02. The van der Waals surface area contributed by atoms with Gasteiger partial charge in [0, 0.05) is 38.6 Å². The van der Waals surface area contributed by atoms with Crippen LogP contribution in [-0.4, -0.2) is 23.4 Å². The third kappa shape index (κ3) is 3.14. The number of nitrogens with zero attached hydrogens (tertiary/aromatic N) is 1. The van der Waals surface area contributed by atoms with Crippen LogP contribution >= 0.6 is 27.5 Å². The molecule has 1 aromatic heterocycles. The molecule has 1 unspecified atom stereocenters. The van der Waals surface area contributed by atoms with Gasteiger partial charge in [-0.05, 0) is 58.7 Å². The predicted molar refractivity (Wildman–Crippen MR) is 108 cm³/mol. The molecule has 2 heterocycles. The van der Waals surface area contributed by atoms with E-state index in [2.05, 4.69) is 15.9 Å². The van der Waals surface area contributed by atoms with Crippen molar-refractivity contribution in [1.82, 2.24) is 4.57 Å². The number of aromatic nitrogens is 1. The van der Waals surface area contributed by atoms with Gasteiger partial charge in [0.1, 0.15) is 5.82 Å². The van der Waals surface area contributed by atoms with Gasteiger partial charge >= 0.3 is 5.97 Å². The average Bonchev–Trinajstić information content (AvgIpc) is 3.20. The Hall–Kier alpha value is -2.18. The van der Waals surface area contributed by atoms with E-state index in [0.29, 0.717) is 44.5 Å². The summed E-state index contributed by atoms with van der Waals surface area (Å²) in [6.45, 7) is 0.608. The molecule has 0 saturated carbocycles. The fourth-order valence-electron chi connectivity index (χ4n) is 3.96. The summed E-state index contributed by atoms with van der Waals surface area (Å²) in [4.78, 5) is 25.3. The Labute approximate surface area is 174 Å². The maximum Gasteiger partial charge on any atom is 0.306 e. The van der Waals surface area contributed by atoms with Gasteiger partial charge in [0.25, 0.3) is 0 Å². The third-order valence-electron chi connectivity index (χ3n) is 5.18. The summed E-state index contributed by atoms with van der Waals surface area (Å²) < 4.78 is 21.4. The van der Waals surface area contributed by atoms with Crippen LogP contribution in [-0.2, 0) is 16.1 Å². The molecule has 0 fully saturated rings. The lowest BCUT2D eigenvalue weighted by Gasteiger charge is -2.11. The molecule has 0 spiro atoms. The Balaban J connectivity index is 1.96. The Morgan fingerprint density at radius 2 is 2.00 bits per heavy atom. The molecule has 3 aromatic rings. The van der Waals surface area contributed by atoms with Gasteiger partial charge in [0.05, 0.1) is 24.6 Å². The molecule has 4 rings (SSSR count). The van der Waals surface area contributed by atoms with Gasteiger partial charge in [-0.25, -0.2) is 4.39 Å². The number of carbonyl (C=O) groups excluding carboxylic acids is 2. The molecular weight excluding hydrogens is 449 g/mol. The Morgan fingerprint density at radius 3 is 2.68 bits per heavy atom. The van der Waals surface area contributed by atoms with Crippen molar-refractivity contribution in [2.75, 3.05) is 7.11 Å². The molecule has 1 aliphatic rings. The van der Waals surface area contributed by atoms with Crippen molar-refractivity contribution in [3.8, 4) is 0 Å². The van der Waals surface area contributed by atoms with Gasteiger partial charge in [-0.1, -0.05) is 11.6 Å². The monoisotopic (exact) mass is 463 g/mol. The van der Waals surface area contributed by atoms with Gasteiger partial charge in [0.15, 0.2) is 5.78 Å². The molecule has 0 bridgehead atoms. The molecule has 1 atom stereocenters. The van der Waals surface area contributed by atoms with Crippen LogP contribution in [0.25, 0.3) is 10.9 Å². The smallest absolute Gasteiger partial charge is 0.306 e. The number of ketones is 1. The lowest BCUT2D eigenvalue weighted by atomic mass is 9.92. The first-order valence-corrected chi connectivity index (χ1v) is 9.96. The highest BCUT2D eigenvalue weighted by Gasteiger charge is 2.35. The lowest BCUT2D eigenvalue weighted by molar-refractivity contribution is -0.141. The molecule has 1 aliphatic heterocycles. The van der Waals surface area contributed by atoms with Gasteiger partial charge < -0.3 is 9.30 Å². The van der Waals surface area contributed by atoms with Crippen molar-refractivity contribution in [2.45, 2.75) is 25.3 Å². The predicted octanol–water partition coefficient (Wildman–Crippen LogP) is 5.48. The summed E-state index contributed by atoms with van der Waals surface area (Å²) in [7, 11) is 1.35. The number of benzene rings is 2. The van der Waals surface area contributed by atoms with Crippen LogP contribution in [0.2, 0.25) is 5.02 Å². The molecule has 7 heteroatoms. The maximum atomic E-state index is 14.1. The summed E-state index contributed by atoms with van der Waals surface area (Å²) in [5.74, 6) is -1.07. The summed E-state index contributed by atoms with van der Waals surface area (Å²) >= 11 is 9.37. The largest absolute Gasteiger partial charge is 0.469 e. The van der Waals surface area contributed by atoms with Crippen molar-refractivity contribution in [1.29, 1.82) is 0 Å². The normalized spacial score (nSPS) is 15.6. The van der Waals surface area contributed by atoms with E-state index < -0.39 is 0 Å². The number of hydrogen-bond acceptors (Lipinski definition) is 3. The van der Waals surface area contributed by atoms with E-state index in [0.717, 1.165) is 5.69 Å². The number of ether oxygens (including phenoxy) is 1. The maximum absolute atomic E-state index is 14.1. The zero-order valence-electron chi connectivity index (χ0n) is 15.0. The molecule has 0 amide bonds. The van der Waals surface area contributed by atoms with Gasteiger partial charge in [-0.2, -0.15) is 0 Å². The topological polar surface area (TPSA) is 48.3 Å². The number of rotatable bonds is 4. The van der Waals surface area contributed by atoms with E-state index in [-0.39, 0.29) is 29.9 Å². The Morgan fingerprint density at radius 1 is 1.29 bits per heavy atom. The van der Waals surface area contributed by atoms with Crippen molar-refractivity contribution in [3.05, 3.63) is 68.5 Å². The standard InChI is InChI=1S/C21H16BrClFNO3/c1-28-17(26)8-12-6-7-25-16-10-14(24)9-15(22)18(16)19(20(12)25)21(27)11-2-4-13(23)5-3-11/h2-5,9-10,12H,6-8H2,1H3. The summed E-state index contributed by atoms with van der Waals surface area (Å²) in [5, 5.41) is 1.20. The molecule has 0 aliphatic carbocycles. The number of hydrogen-bond donors (Lipinski definition) is 0. The second-order valence-corrected chi connectivity index (χ2v) is 8.09. The average molecular weight is 465 g/mol. The molecular formula is C21H16BrClFNO3. The number of carbonyl (C=O) groups is 2. The van der Waals surface area contributed by atoms with E-state index in [1.165, 1.54) is 19.2 Å². The first kappa shape index (κ1) is 19.2. The molecule has 144 valence electrons. The minimum absolute atomic E-state index is 0.166. The highest BCUT2D eigenvalue weighted by atomic mass is 79.9. The van der Waals surface area contributed by atoms with Gasteiger partial charge in [0.2, 0.25) is 0 Å². The minimum atomic E-state index is -0.387. The lowest BCUT2D eigenvalue weighted by Crippen LogP contribution is -2.11. The first-order valence-electron chi connectivity index (χ1n) is 8.79. The molecule has 4 nitrogen and oxygen atoms in total. The highest BCUT2D eigenvalue weighted by molar-refractivity contribution is 9.10. The minimum Gasteiger partial charge on any atom is -0.469 e. The van der Waals surface area contributed by atoms with Crippen molar-refractivity contribution in [2.24, 2.45) is 0 Å². The van der Waals surface area contributed by atoms with Crippen LogP contribution in [0.3, 0.4) is 0 Å². The SMILES string of the molecule is COC(=O)CC1CCn2c1c(C(=O)c1ccc(Cl)cc1)c1c(Br)cc(F)cc12. The van der Waals surface area contributed by atoms with Crippen LogP contribution in [0.4, 0.5) is 4.39 Å². The molecule has 28 heavy (non-hydrogen) atoms. The molecule has 0 saturated heterocycles. The van der Waals surface area contributed by atoms with E-state index in [1.54, 1.807) is 24.3 Å². The zero-order chi connectivity index (χ0) is 20.0. The number of aryl methyl sites for hydroxylation is 1. The van der Waals surface area contributed by atoms with Crippen LogP contribution in [0.5, 0.6) is 0 Å². The van der Waals surface area contributed by atoms with Gasteiger partial charge in [-0.3, -0.25) is 9.59 Å². The van der Waals surface area contributed by atoms with Crippen molar-refractivity contribution < 1.29 is 18.7 Å². The highest BCUT2D eigenvalue weighted by Crippen LogP contribution is 2.43. The van der Waals surface area contributed by atoms with Crippen molar-refractivity contribution >= 4 is 50.2 Å². The molecule has 2 aromatic carbocycles. The van der Waals surface area contributed by atoms with Crippen LogP contribution < -0.4 is 0 Å². The van der Waals surface area contributed by atoms with E-state index in [1.807, 2.05) is 4.57 Å². The fourth-order valence-corrected chi connectivity index (χ4v) is 4.71. The van der Waals surface area contributed by atoms with Crippen LogP contribution in [0.15, 0.2) is 40.9 Å². The van der Waals surface area contributed by atoms with E-state index in [4.69, 9.17) is 16.3 Å². The number of esters is 1. The second kappa shape index (κ2) is 7.33. The van der Waals surface area contributed by atoms with E-state index in [9.17, 15) is 14.0 Å². The molecule has 0 radical (unpaired) electrons. The number of fused-ring (bicyclic) bond motifs is 3. The van der Waals surface area contributed by atoms with Gasteiger partial charge in [-0.15, -0.1) is 0 Å². The first-order chi connectivity index (χ1) is 13.4. The summed E-state index contributed by atoms with van der Waals surface area (Å²) in [6, 6.07) is 9.45. The zero-order valence-corrected chi connectivity index (χ0v) is 17.3. The quantitative estimate of drug-likeness (QED) is 0.379. The second-order valence-electron chi connectivity index (χ2n) is 6.80. The molecule has 0 N–H and O–H groups in total.